The summed E-state index contributed by atoms with van der Waals surface area (Å²) in [5, 5.41) is 0. The number of anilines is 1. The first-order chi connectivity index (χ1) is 9.58. The van der Waals surface area contributed by atoms with Crippen LogP contribution in [0.1, 0.15) is 10.6 Å². The van der Waals surface area contributed by atoms with Crippen LogP contribution in [0.5, 0.6) is 0 Å². The van der Waals surface area contributed by atoms with E-state index < -0.39 is 0 Å². The number of nitrogens with one attached hydrogen (secondary N) is 2. The van der Waals surface area contributed by atoms with E-state index in [0.29, 0.717) is 17.6 Å². The minimum absolute atomic E-state index is 0.255. The monoisotopic (exact) mass is 271 g/mol. The number of carbonyl (C=O) groups is 1. The molecule has 2 heterocycles. The van der Waals surface area contributed by atoms with Gasteiger partial charge in [0.15, 0.2) is 12.0 Å². The van der Waals surface area contributed by atoms with Gasteiger partial charge in [-0.2, -0.15) is 0 Å². The largest absolute Gasteiger partial charge is 0.453 e. The second-order valence-electron chi connectivity index (χ2n) is 4.71. The summed E-state index contributed by atoms with van der Waals surface area (Å²) < 4.78 is 5.47. The lowest BCUT2D eigenvalue weighted by molar-refractivity contribution is 0.110. The number of rotatable bonds is 3. The molecule has 0 aliphatic rings. The molecule has 0 unspecified atom stereocenters. The second kappa shape index (κ2) is 4.41. The van der Waals surface area contributed by atoms with Gasteiger partial charge in [0.2, 0.25) is 0 Å². The highest BCUT2D eigenvalue weighted by molar-refractivity contribution is 5.90. The number of aromatic amines is 2. The molecule has 0 amide bonds. The lowest BCUT2D eigenvalue weighted by Crippen LogP contribution is -2.09. The quantitative estimate of drug-likeness (QED) is 0.714. The Hall–Kier alpha value is -2.76. The van der Waals surface area contributed by atoms with Gasteiger partial charge in [0.25, 0.3) is 0 Å². The Morgan fingerprint density at radius 2 is 1.85 bits per heavy atom. The molecule has 3 aromatic rings. The number of H-pyrrole nitrogens is 2. The van der Waals surface area contributed by atoms with Crippen molar-refractivity contribution in [2.24, 2.45) is 0 Å². The maximum absolute atomic E-state index is 11.4. The van der Waals surface area contributed by atoms with Crippen LogP contribution >= 0.6 is 0 Å². The second-order valence-corrected chi connectivity index (χ2v) is 4.71. The van der Waals surface area contributed by atoms with Gasteiger partial charge in [0.1, 0.15) is 5.76 Å². The molecule has 0 aliphatic heterocycles. The highest BCUT2D eigenvalue weighted by atomic mass is 16.3. The lowest BCUT2D eigenvalue weighted by atomic mass is 10.1. The average molecular weight is 271 g/mol. The molecule has 0 aliphatic carbocycles. The zero-order valence-corrected chi connectivity index (χ0v) is 11.1. The van der Waals surface area contributed by atoms with Crippen LogP contribution in [0.15, 0.2) is 33.5 Å². The first kappa shape index (κ1) is 12.3. The standard InChI is InChI=1S/C14H13N3O3/c1-17(2)12-6-11-10(15-14(19)16-11)5-9(12)13-4-3-8(7-18)20-13/h3-7H,1-2H3,(H2,15,16,19). The first-order valence-corrected chi connectivity index (χ1v) is 6.07. The Morgan fingerprint density at radius 3 is 2.45 bits per heavy atom. The van der Waals surface area contributed by atoms with Gasteiger partial charge in [-0.3, -0.25) is 4.79 Å². The molecule has 0 atom stereocenters. The van der Waals surface area contributed by atoms with Gasteiger partial charge in [-0.05, 0) is 24.3 Å². The van der Waals surface area contributed by atoms with Crippen LogP contribution in [-0.4, -0.2) is 30.3 Å². The minimum atomic E-state index is -0.255. The summed E-state index contributed by atoms with van der Waals surface area (Å²) in [6.07, 6.45) is 0.662. The van der Waals surface area contributed by atoms with E-state index in [1.54, 1.807) is 12.1 Å². The van der Waals surface area contributed by atoms with Crippen molar-refractivity contribution >= 4 is 23.0 Å². The van der Waals surface area contributed by atoms with Crippen molar-refractivity contribution < 1.29 is 9.21 Å². The Bertz CT molecular complexity index is 839. The molecule has 6 heteroatoms. The molecule has 20 heavy (non-hydrogen) atoms. The van der Waals surface area contributed by atoms with E-state index in [9.17, 15) is 9.59 Å². The summed E-state index contributed by atoms with van der Waals surface area (Å²) in [4.78, 5) is 29.5. The molecule has 2 N–H and O–H groups in total. The molecule has 102 valence electrons. The van der Waals surface area contributed by atoms with Gasteiger partial charge in [-0.15, -0.1) is 0 Å². The fourth-order valence-corrected chi connectivity index (χ4v) is 2.20. The predicted octanol–water partition coefficient (Wildman–Crippen LogP) is 1.99. The zero-order chi connectivity index (χ0) is 14.3. The third kappa shape index (κ3) is 1.91. The molecule has 0 radical (unpaired) electrons. The van der Waals surface area contributed by atoms with Crippen molar-refractivity contribution in [1.29, 1.82) is 0 Å². The summed E-state index contributed by atoms with van der Waals surface area (Å²) in [5.41, 5.74) is 2.87. The van der Waals surface area contributed by atoms with Crippen molar-refractivity contribution in [1.82, 2.24) is 9.97 Å². The summed E-state index contributed by atoms with van der Waals surface area (Å²) in [6.45, 7) is 0. The molecule has 3 rings (SSSR count). The Kier molecular flexibility index (Phi) is 2.71. The van der Waals surface area contributed by atoms with Crippen LogP contribution in [0, 0.1) is 0 Å². The van der Waals surface area contributed by atoms with E-state index >= 15 is 0 Å². The number of aromatic nitrogens is 2. The summed E-state index contributed by atoms with van der Waals surface area (Å²) in [5.74, 6) is 0.854. The Morgan fingerprint density at radius 1 is 1.15 bits per heavy atom. The number of furan rings is 1. The van der Waals surface area contributed by atoms with Crippen molar-refractivity contribution in [3.05, 3.63) is 40.5 Å². The topological polar surface area (TPSA) is 82.1 Å². The van der Waals surface area contributed by atoms with Gasteiger partial charge in [0.05, 0.1) is 11.0 Å². The number of benzene rings is 1. The molecule has 6 nitrogen and oxygen atoms in total. The molecule has 0 saturated heterocycles. The SMILES string of the molecule is CN(C)c1cc2[nH]c(=O)[nH]c2cc1-c1ccc(C=O)o1. The van der Waals surface area contributed by atoms with Crippen LogP contribution < -0.4 is 10.6 Å². The van der Waals surface area contributed by atoms with Crippen LogP contribution in [-0.2, 0) is 0 Å². The fraction of sp³-hybridized carbons (Fsp3) is 0.143. The molecule has 0 saturated carbocycles. The van der Waals surface area contributed by atoms with Crippen molar-refractivity contribution in [3.8, 4) is 11.3 Å². The highest BCUT2D eigenvalue weighted by Crippen LogP contribution is 2.33. The number of hydrogen-bond donors (Lipinski definition) is 2. The van der Waals surface area contributed by atoms with Gasteiger partial charge in [-0.25, -0.2) is 4.79 Å². The van der Waals surface area contributed by atoms with Crippen LogP contribution in [0.3, 0.4) is 0 Å². The molecule has 0 fully saturated rings. The van der Waals surface area contributed by atoms with Crippen molar-refractivity contribution in [3.63, 3.8) is 0 Å². The van der Waals surface area contributed by atoms with E-state index in [2.05, 4.69) is 9.97 Å². The molecule has 1 aromatic carbocycles. The number of fused-ring (bicyclic) bond motifs is 1. The highest BCUT2D eigenvalue weighted by Gasteiger charge is 2.14. The van der Waals surface area contributed by atoms with Gasteiger partial charge in [0, 0.05) is 25.3 Å². The molecule has 0 bridgehead atoms. The number of carbonyl (C=O) groups excluding carboxylic acids is 1. The van der Waals surface area contributed by atoms with E-state index in [4.69, 9.17) is 4.42 Å². The van der Waals surface area contributed by atoms with Crippen molar-refractivity contribution in [2.75, 3.05) is 19.0 Å². The zero-order valence-electron chi connectivity index (χ0n) is 11.1. The third-order valence-electron chi connectivity index (χ3n) is 3.12. The van der Waals surface area contributed by atoms with Crippen LogP contribution in [0.4, 0.5) is 5.69 Å². The van der Waals surface area contributed by atoms with Crippen LogP contribution in [0.25, 0.3) is 22.4 Å². The van der Waals surface area contributed by atoms with Gasteiger partial charge >= 0.3 is 5.69 Å². The maximum Gasteiger partial charge on any atom is 0.323 e. The van der Waals surface area contributed by atoms with Crippen molar-refractivity contribution in [2.45, 2.75) is 0 Å². The first-order valence-electron chi connectivity index (χ1n) is 6.07. The Labute approximate surface area is 114 Å². The van der Waals surface area contributed by atoms with E-state index in [-0.39, 0.29) is 11.4 Å². The fourth-order valence-electron chi connectivity index (χ4n) is 2.20. The number of nitrogens with zero attached hydrogens (tertiary/aromatic N) is 1. The summed E-state index contributed by atoms with van der Waals surface area (Å²) >= 11 is 0. The smallest absolute Gasteiger partial charge is 0.323 e. The predicted molar refractivity (Wildman–Crippen MR) is 76.3 cm³/mol. The summed E-state index contributed by atoms with van der Waals surface area (Å²) in [6, 6.07) is 7.05. The number of imidazole rings is 1. The van der Waals surface area contributed by atoms with E-state index in [0.717, 1.165) is 16.8 Å². The number of aldehydes is 1. The Balaban J connectivity index is 2.28. The van der Waals surface area contributed by atoms with Gasteiger partial charge < -0.3 is 19.3 Å². The molecular formula is C14H13N3O3. The van der Waals surface area contributed by atoms with Crippen LogP contribution in [0.2, 0.25) is 0 Å². The van der Waals surface area contributed by atoms with E-state index in [1.165, 1.54) is 0 Å². The van der Waals surface area contributed by atoms with Gasteiger partial charge in [-0.1, -0.05) is 0 Å². The molecule has 0 spiro atoms. The lowest BCUT2D eigenvalue weighted by Gasteiger charge is -2.16. The minimum Gasteiger partial charge on any atom is -0.453 e. The molecule has 2 aromatic heterocycles. The molecular weight excluding hydrogens is 258 g/mol. The summed E-state index contributed by atoms with van der Waals surface area (Å²) in [7, 11) is 3.80. The average Bonchev–Trinajstić information content (AvgIpc) is 3.01. The number of hydrogen-bond acceptors (Lipinski definition) is 4. The normalized spacial score (nSPS) is 10.9. The maximum atomic E-state index is 11.4. The van der Waals surface area contributed by atoms with E-state index in [1.807, 2.05) is 31.1 Å². The third-order valence-corrected chi connectivity index (χ3v) is 3.12.